The monoisotopic (exact) mass is 238 g/mol. The van der Waals surface area contributed by atoms with Gasteiger partial charge in [0.05, 0.1) is 0 Å². The number of fused-ring (bicyclic) bond motifs is 1. The number of hydrogen-bond donors (Lipinski definition) is 2. The maximum absolute atomic E-state index is 11.8. The summed E-state index contributed by atoms with van der Waals surface area (Å²) in [6, 6.07) is 0. The van der Waals surface area contributed by atoms with Crippen molar-refractivity contribution >= 4 is 11.9 Å². The lowest BCUT2D eigenvalue weighted by atomic mass is 10.3. The van der Waals surface area contributed by atoms with Gasteiger partial charge in [-0.1, -0.05) is 0 Å². The zero-order valence-electron chi connectivity index (χ0n) is 10.0. The number of imidazole rings is 1. The minimum absolute atomic E-state index is 0.121. The third kappa shape index (κ3) is 2.97. The molecule has 1 aromatic heterocycles. The van der Waals surface area contributed by atoms with Gasteiger partial charge < -0.3 is 19.9 Å². The topological polar surface area (TPSA) is 68.2 Å². The second-order valence-electron chi connectivity index (χ2n) is 4.03. The molecule has 1 aromatic rings. The van der Waals surface area contributed by atoms with Gasteiger partial charge in [0.2, 0.25) is 5.95 Å². The number of methoxy groups -OCH3 is 1. The first-order valence-electron chi connectivity index (χ1n) is 5.89. The Morgan fingerprint density at radius 2 is 2.59 bits per heavy atom. The van der Waals surface area contributed by atoms with Crippen LogP contribution in [0.4, 0.5) is 5.95 Å². The first-order chi connectivity index (χ1) is 8.31. The third-order valence-corrected chi connectivity index (χ3v) is 2.68. The fourth-order valence-corrected chi connectivity index (χ4v) is 1.80. The van der Waals surface area contributed by atoms with Crippen LogP contribution in [0, 0.1) is 0 Å². The molecule has 1 amide bonds. The highest BCUT2D eigenvalue weighted by Gasteiger charge is 2.15. The van der Waals surface area contributed by atoms with Crippen LogP contribution in [0.3, 0.4) is 0 Å². The van der Waals surface area contributed by atoms with Crippen LogP contribution in [0.5, 0.6) is 0 Å². The summed E-state index contributed by atoms with van der Waals surface area (Å²) < 4.78 is 6.89. The number of nitrogens with one attached hydrogen (secondary N) is 2. The van der Waals surface area contributed by atoms with Gasteiger partial charge >= 0.3 is 0 Å². The maximum atomic E-state index is 11.8. The predicted octanol–water partition coefficient (Wildman–Crippen LogP) is 0.465. The number of aromatic nitrogens is 2. The lowest BCUT2D eigenvalue weighted by Gasteiger charge is -2.14. The summed E-state index contributed by atoms with van der Waals surface area (Å²) in [5, 5.41) is 5.99. The number of carbonyl (C=O) groups excluding carboxylic acids is 1. The molecule has 0 aliphatic carbocycles. The van der Waals surface area contributed by atoms with E-state index in [0.717, 1.165) is 31.9 Å². The lowest BCUT2D eigenvalue weighted by molar-refractivity contribution is 0.0944. The van der Waals surface area contributed by atoms with E-state index in [1.165, 1.54) is 0 Å². The molecule has 94 valence electrons. The van der Waals surface area contributed by atoms with Crippen LogP contribution in [0.1, 0.15) is 23.3 Å². The van der Waals surface area contributed by atoms with E-state index in [1.54, 1.807) is 13.3 Å². The van der Waals surface area contributed by atoms with E-state index in [0.29, 0.717) is 18.8 Å². The van der Waals surface area contributed by atoms with Gasteiger partial charge in [-0.25, -0.2) is 4.98 Å². The van der Waals surface area contributed by atoms with Crippen molar-refractivity contribution < 1.29 is 9.53 Å². The van der Waals surface area contributed by atoms with E-state index in [1.807, 2.05) is 4.57 Å². The van der Waals surface area contributed by atoms with Crippen LogP contribution in [-0.4, -0.2) is 42.3 Å². The van der Waals surface area contributed by atoms with Crippen molar-refractivity contribution in [2.24, 2.45) is 0 Å². The first kappa shape index (κ1) is 11.9. The molecule has 0 unspecified atom stereocenters. The summed E-state index contributed by atoms with van der Waals surface area (Å²) in [5.41, 5.74) is 0.479. The largest absolute Gasteiger partial charge is 0.385 e. The summed E-state index contributed by atoms with van der Waals surface area (Å²) in [5.74, 6) is 0.670. The highest BCUT2D eigenvalue weighted by Crippen LogP contribution is 2.13. The van der Waals surface area contributed by atoms with Crippen molar-refractivity contribution in [1.29, 1.82) is 0 Å². The molecule has 6 nitrogen and oxygen atoms in total. The molecule has 2 heterocycles. The van der Waals surface area contributed by atoms with Gasteiger partial charge in [-0.2, -0.15) is 0 Å². The number of rotatable bonds is 5. The molecule has 0 spiro atoms. The number of hydrogen-bond acceptors (Lipinski definition) is 4. The van der Waals surface area contributed by atoms with Crippen molar-refractivity contribution in [2.75, 3.05) is 32.1 Å². The van der Waals surface area contributed by atoms with E-state index in [2.05, 4.69) is 15.6 Å². The Morgan fingerprint density at radius 3 is 3.35 bits per heavy atom. The van der Waals surface area contributed by atoms with Crippen molar-refractivity contribution in [1.82, 2.24) is 14.9 Å². The first-order valence-corrected chi connectivity index (χ1v) is 5.89. The normalized spacial score (nSPS) is 13.9. The van der Waals surface area contributed by atoms with Gasteiger partial charge in [0.1, 0.15) is 5.69 Å². The SMILES string of the molecule is COCCCNC(=O)c1cn2c(n1)NCCC2. The minimum atomic E-state index is -0.121. The molecule has 0 bridgehead atoms. The molecular weight excluding hydrogens is 220 g/mol. The van der Waals surface area contributed by atoms with Gasteiger partial charge in [0, 0.05) is 39.5 Å². The Morgan fingerprint density at radius 1 is 1.71 bits per heavy atom. The summed E-state index contributed by atoms with van der Waals surface area (Å²) in [6.07, 6.45) is 3.68. The number of carbonyl (C=O) groups is 1. The van der Waals surface area contributed by atoms with E-state index in [-0.39, 0.29) is 5.91 Å². The molecule has 0 atom stereocenters. The molecule has 1 aliphatic heterocycles. The Kier molecular flexibility index (Phi) is 3.98. The average molecular weight is 238 g/mol. The third-order valence-electron chi connectivity index (χ3n) is 2.68. The zero-order valence-corrected chi connectivity index (χ0v) is 10.0. The van der Waals surface area contributed by atoms with E-state index < -0.39 is 0 Å². The van der Waals surface area contributed by atoms with Crippen LogP contribution in [0.15, 0.2) is 6.20 Å². The summed E-state index contributed by atoms with van der Waals surface area (Å²) in [4.78, 5) is 16.0. The van der Waals surface area contributed by atoms with Gasteiger partial charge in [-0.3, -0.25) is 4.79 Å². The smallest absolute Gasteiger partial charge is 0.271 e. The number of amides is 1. The second-order valence-corrected chi connectivity index (χ2v) is 4.03. The van der Waals surface area contributed by atoms with Gasteiger partial charge in [0.15, 0.2) is 0 Å². The fourth-order valence-electron chi connectivity index (χ4n) is 1.80. The Bertz CT molecular complexity index is 365. The van der Waals surface area contributed by atoms with Crippen molar-refractivity contribution in [2.45, 2.75) is 19.4 Å². The van der Waals surface area contributed by atoms with Crippen molar-refractivity contribution in [3.05, 3.63) is 11.9 Å². The number of nitrogens with zero attached hydrogens (tertiary/aromatic N) is 2. The van der Waals surface area contributed by atoms with Crippen molar-refractivity contribution in [3.63, 3.8) is 0 Å². The molecule has 17 heavy (non-hydrogen) atoms. The molecular formula is C11H18N4O2. The molecule has 2 rings (SSSR count). The molecule has 0 aromatic carbocycles. The molecule has 0 fully saturated rings. The highest BCUT2D eigenvalue weighted by molar-refractivity contribution is 5.92. The van der Waals surface area contributed by atoms with Crippen molar-refractivity contribution in [3.8, 4) is 0 Å². The van der Waals surface area contributed by atoms with E-state index in [9.17, 15) is 4.79 Å². The summed E-state index contributed by atoms with van der Waals surface area (Å²) in [6.45, 7) is 3.11. The Balaban J connectivity index is 1.88. The summed E-state index contributed by atoms with van der Waals surface area (Å²) >= 11 is 0. The fraction of sp³-hybridized carbons (Fsp3) is 0.636. The second kappa shape index (κ2) is 5.67. The molecule has 0 radical (unpaired) electrons. The van der Waals surface area contributed by atoms with Crippen LogP contribution in [-0.2, 0) is 11.3 Å². The van der Waals surface area contributed by atoms with Crippen LogP contribution in [0.25, 0.3) is 0 Å². The van der Waals surface area contributed by atoms with Crippen LogP contribution >= 0.6 is 0 Å². The quantitative estimate of drug-likeness (QED) is 0.731. The molecule has 6 heteroatoms. The Hall–Kier alpha value is -1.56. The van der Waals surface area contributed by atoms with Gasteiger partial charge in [0.25, 0.3) is 5.91 Å². The summed E-state index contributed by atoms with van der Waals surface area (Å²) in [7, 11) is 1.65. The molecule has 0 saturated heterocycles. The van der Waals surface area contributed by atoms with E-state index >= 15 is 0 Å². The predicted molar refractivity (Wildman–Crippen MR) is 64.2 cm³/mol. The molecule has 0 saturated carbocycles. The van der Waals surface area contributed by atoms with Gasteiger partial charge in [-0.15, -0.1) is 0 Å². The zero-order chi connectivity index (χ0) is 12.1. The maximum Gasteiger partial charge on any atom is 0.271 e. The highest BCUT2D eigenvalue weighted by atomic mass is 16.5. The number of anilines is 1. The van der Waals surface area contributed by atoms with Crippen LogP contribution in [0.2, 0.25) is 0 Å². The lowest BCUT2D eigenvalue weighted by Crippen LogP contribution is -2.25. The van der Waals surface area contributed by atoms with Crippen LogP contribution < -0.4 is 10.6 Å². The van der Waals surface area contributed by atoms with Gasteiger partial charge in [-0.05, 0) is 12.8 Å². The number of ether oxygens (including phenoxy) is 1. The molecule has 1 aliphatic rings. The number of aryl methyl sites for hydroxylation is 1. The standard InChI is InChI=1S/C11H18N4O2/c1-17-7-3-5-12-10(16)9-8-15-6-2-4-13-11(15)14-9/h8H,2-7H2,1H3,(H,12,16)(H,13,14). The average Bonchev–Trinajstić information content (AvgIpc) is 2.78. The van der Waals surface area contributed by atoms with E-state index in [4.69, 9.17) is 4.74 Å². The molecule has 2 N–H and O–H groups in total. The minimum Gasteiger partial charge on any atom is -0.385 e. The Labute approximate surface area is 100 Å².